The molecule has 0 aromatic carbocycles. The van der Waals surface area contributed by atoms with Gasteiger partial charge in [0.25, 0.3) is 0 Å². The quantitative estimate of drug-likeness (QED) is 0.780. The van der Waals surface area contributed by atoms with Gasteiger partial charge >= 0.3 is 0 Å². The lowest BCUT2D eigenvalue weighted by Gasteiger charge is -2.10. The maximum absolute atomic E-state index is 12.1. The van der Waals surface area contributed by atoms with Gasteiger partial charge < -0.3 is 9.84 Å². The molecule has 7 nitrogen and oxygen atoms in total. The molecule has 0 radical (unpaired) electrons. The second-order valence-corrected chi connectivity index (χ2v) is 7.27. The summed E-state index contributed by atoms with van der Waals surface area (Å²) in [5.74, 6) is 2.87. The Kier molecular flexibility index (Phi) is 4.81. The number of H-pyrrole nitrogens is 1. The third kappa shape index (κ3) is 4.27. The molecule has 1 amide bonds. The standard InChI is InChI=1S/C18H25N5O2/c24-16(9-10-17-20-18(23-25-17)13-7-8-13)19-15-11-14(21-22-15)12-5-3-1-2-4-6-12/h11-13H,1-10H2,(H2,19,21,22,24). The van der Waals surface area contributed by atoms with Crippen molar-refractivity contribution < 1.29 is 9.32 Å². The van der Waals surface area contributed by atoms with Gasteiger partial charge in [-0.25, -0.2) is 0 Å². The van der Waals surface area contributed by atoms with Gasteiger partial charge in [0.1, 0.15) is 0 Å². The minimum atomic E-state index is -0.0786. The fraction of sp³-hybridized carbons (Fsp3) is 0.667. The van der Waals surface area contributed by atoms with Crippen LogP contribution in [0.2, 0.25) is 0 Å². The number of nitrogens with zero attached hydrogens (tertiary/aromatic N) is 3. The number of hydrogen-bond donors (Lipinski definition) is 2. The normalized spacial score (nSPS) is 18.9. The summed E-state index contributed by atoms with van der Waals surface area (Å²) in [4.78, 5) is 16.5. The molecular formula is C18H25N5O2. The van der Waals surface area contributed by atoms with Crippen molar-refractivity contribution in [2.45, 2.75) is 76.0 Å². The van der Waals surface area contributed by atoms with Crippen LogP contribution in [0.15, 0.2) is 10.6 Å². The lowest BCUT2D eigenvalue weighted by atomic mass is 9.97. The van der Waals surface area contributed by atoms with E-state index in [1.165, 1.54) is 38.5 Å². The minimum absolute atomic E-state index is 0.0786. The first kappa shape index (κ1) is 16.3. The third-order valence-corrected chi connectivity index (χ3v) is 5.15. The molecule has 0 unspecified atom stereocenters. The average molecular weight is 343 g/mol. The fourth-order valence-corrected chi connectivity index (χ4v) is 3.50. The van der Waals surface area contributed by atoms with Crippen molar-refractivity contribution in [3.8, 4) is 0 Å². The smallest absolute Gasteiger partial charge is 0.227 e. The minimum Gasteiger partial charge on any atom is -0.339 e. The first-order chi connectivity index (χ1) is 12.3. The summed E-state index contributed by atoms with van der Waals surface area (Å²) in [6.45, 7) is 0. The number of amides is 1. The largest absolute Gasteiger partial charge is 0.339 e. The maximum atomic E-state index is 12.1. The molecule has 0 bridgehead atoms. The molecule has 2 saturated carbocycles. The first-order valence-electron chi connectivity index (χ1n) is 9.45. The Morgan fingerprint density at radius 3 is 2.72 bits per heavy atom. The Bertz CT molecular complexity index is 711. The number of carbonyl (C=O) groups is 1. The molecule has 2 aromatic heterocycles. The molecule has 2 fully saturated rings. The van der Waals surface area contributed by atoms with Gasteiger partial charge in [0.2, 0.25) is 11.8 Å². The maximum Gasteiger partial charge on any atom is 0.227 e. The van der Waals surface area contributed by atoms with E-state index >= 15 is 0 Å². The van der Waals surface area contributed by atoms with Gasteiger partial charge in [-0.1, -0.05) is 30.8 Å². The number of rotatable bonds is 6. The van der Waals surface area contributed by atoms with Crippen LogP contribution < -0.4 is 5.32 Å². The van der Waals surface area contributed by atoms with Crippen molar-refractivity contribution >= 4 is 11.7 Å². The molecular weight excluding hydrogens is 318 g/mol. The zero-order chi connectivity index (χ0) is 17.1. The highest BCUT2D eigenvalue weighted by Crippen LogP contribution is 2.38. The number of hydrogen-bond acceptors (Lipinski definition) is 5. The molecule has 0 spiro atoms. The lowest BCUT2D eigenvalue weighted by molar-refractivity contribution is -0.116. The van der Waals surface area contributed by atoms with Crippen LogP contribution in [0.3, 0.4) is 0 Å². The number of anilines is 1. The van der Waals surface area contributed by atoms with Crippen molar-refractivity contribution in [2.24, 2.45) is 0 Å². The Morgan fingerprint density at radius 1 is 1.16 bits per heavy atom. The zero-order valence-electron chi connectivity index (χ0n) is 14.5. The van der Waals surface area contributed by atoms with Gasteiger partial charge in [-0.2, -0.15) is 10.1 Å². The monoisotopic (exact) mass is 343 g/mol. The Labute approximate surface area is 147 Å². The molecule has 0 saturated heterocycles. The number of aromatic nitrogens is 4. The van der Waals surface area contributed by atoms with E-state index in [2.05, 4.69) is 25.7 Å². The van der Waals surface area contributed by atoms with E-state index in [1.54, 1.807) is 0 Å². The van der Waals surface area contributed by atoms with Gasteiger partial charge in [0, 0.05) is 36.4 Å². The molecule has 0 aliphatic heterocycles. The van der Waals surface area contributed by atoms with Crippen LogP contribution in [-0.2, 0) is 11.2 Å². The molecule has 2 aromatic rings. The van der Waals surface area contributed by atoms with Gasteiger partial charge in [0.15, 0.2) is 11.6 Å². The van der Waals surface area contributed by atoms with Crippen LogP contribution in [0.5, 0.6) is 0 Å². The predicted molar refractivity (Wildman–Crippen MR) is 92.3 cm³/mol. The molecule has 2 heterocycles. The second-order valence-electron chi connectivity index (χ2n) is 7.27. The topological polar surface area (TPSA) is 96.7 Å². The summed E-state index contributed by atoms with van der Waals surface area (Å²) in [5.41, 5.74) is 1.14. The summed E-state index contributed by atoms with van der Waals surface area (Å²) in [5, 5.41) is 14.2. The number of nitrogens with one attached hydrogen (secondary N) is 2. The molecule has 134 valence electrons. The SMILES string of the molecule is O=C(CCc1nc(C2CC2)no1)Nc1cc(C2CCCCCC2)[nH]n1. The van der Waals surface area contributed by atoms with Crippen molar-refractivity contribution in [3.05, 3.63) is 23.5 Å². The van der Waals surface area contributed by atoms with Crippen LogP contribution in [0.4, 0.5) is 5.82 Å². The molecule has 7 heteroatoms. The second kappa shape index (κ2) is 7.37. The summed E-state index contributed by atoms with van der Waals surface area (Å²) in [6.07, 6.45) is 10.7. The van der Waals surface area contributed by atoms with Crippen LogP contribution >= 0.6 is 0 Å². The summed E-state index contributed by atoms with van der Waals surface area (Å²) in [6, 6.07) is 1.98. The van der Waals surface area contributed by atoms with E-state index in [-0.39, 0.29) is 5.91 Å². The van der Waals surface area contributed by atoms with Crippen molar-refractivity contribution in [1.29, 1.82) is 0 Å². The lowest BCUT2D eigenvalue weighted by Crippen LogP contribution is -2.12. The Balaban J connectivity index is 1.27. The van der Waals surface area contributed by atoms with Crippen LogP contribution in [0, 0.1) is 0 Å². The number of carbonyl (C=O) groups excluding carboxylic acids is 1. The fourth-order valence-electron chi connectivity index (χ4n) is 3.50. The zero-order valence-corrected chi connectivity index (χ0v) is 14.5. The van der Waals surface area contributed by atoms with Gasteiger partial charge in [-0.05, 0) is 25.7 Å². The van der Waals surface area contributed by atoms with Crippen molar-refractivity contribution in [2.75, 3.05) is 5.32 Å². The number of aryl methyl sites for hydroxylation is 1. The summed E-state index contributed by atoms with van der Waals surface area (Å²) < 4.78 is 5.20. The van der Waals surface area contributed by atoms with Gasteiger partial charge in [-0.15, -0.1) is 0 Å². The third-order valence-electron chi connectivity index (χ3n) is 5.15. The molecule has 2 aliphatic rings. The Morgan fingerprint density at radius 2 is 1.96 bits per heavy atom. The summed E-state index contributed by atoms with van der Waals surface area (Å²) >= 11 is 0. The highest BCUT2D eigenvalue weighted by Gasteiger charge is 2.28. The highest BCUT2D eigenvalue weighted by atomic mass is 16.5. The van der Waals surface area contributed by atoms with E-state index < -0.39 is 0 Å². The van der Waals surface area contributed by atoms with E-state index in [1.807, 2.05) is 6.07 Å². The molecule has 0 atom stereocenters. The Hall–Kier alpha value is -2.18. The predicted octanol–water partition coefficient (Wildman–Crippen LogP) is 3.68. The first-order valence-corrected chi connectivity index (χ1v) is 9.45. The molecule has 2 N–H and O–H groups in total. The highest BCUT2D eigenvalue weighted by molar-refractivity contribution is 5.89. The van der Waals surface area contributed by atoms with Crippen LogP contribution in [-0.4, -0.2) is 26.2 Å². The van der Waals surface area contributed by atoms with E-state index in [9.17, 15) is 4.79 Å². The molecule has 2 aliphatic carbocycles. The van der Waals surface area contributed by atoms with Crippen molar-refractivity contribution in [3.63, 3.8) is 0 Å². The van der Waals surface area contributed by atoms with E-state index in [4.69, 9.17) is 4.52 Å². The number of aromatic amines is 1. The molecule has 25 heavy (non-hydrogen) atoms. The van der Waals surface area contributed by atoms with E-state index in [0.717, 1.165) is 24.4 Å². The van der Waals surface area contributed by atoms with E-state index in [0.29, 0.717) is 36.4 Å². The molecule has 4 rings (SSSR count). The average Bonchev–Trinajstić information content (AvgIpc) is 3.28. The van der Waals surface area contributed by atoms with Crippen molar-refractivity contribution in [1.82, 2.24) is 20.3 Å². The summed E-state index contributed by atoms with van der Waals surface area (Å²) in [7, 11) is 0. The van der Waals surface area contributed by atoms with Crippen LogP contribution in [0.1, 0.15) is 87.0 Å². The van der Waals surface area contributed by atoms with Gasteiger partial charge in [0.05, 0.1) is 0 Å². The van der Waals surface area contributed by atoms with Gasteiger partial charge in [-0.3, -0.25) is 9.89 Å². The van der Waals surface area contributed by atoms with Crippen LogP contribution in [0.25, 0.3) is 0 Å².